The third kappa shape index (κ3) is 3.73. The van der Waals surface area contributed by atoms with Gasteiger partial charge in [0.1, 0.15) is 11.5 Å². The molecule has 0 aliphatic carbocycles. The predicted molar refractivity (Wildman–Crippen MR) is 80.8 cm³/mol. The van der Waals surface area contributed by atoms with Crippen LogP contribution in [0.4, 0.5) is 0 Å². The molecular formula is C16H25N3O. The molecule has 0 atom stereocenters. The SMILES string of the molecule is Cc1cc(C)n(Cc2cc(CNCC(C)C)c(C)o2)n1. The largest absolute Gasteiger partial charge is 0.464 e. The first-order chi connectivity index (χ1) is 9.45. The highest BCUT2D eigenvalue weighted by atomic mass is 16.3. The second kappa shape index (κ2) is 6.27. The fourth-order valence-corrected chi connectivity index (χ4v) is 2.32. The highest BCUT2D eigenvalue weighted by Gasteiger charge is 2.10. The van der Waals surface area contributed by atoms with E-state index in [9.17, 15) is 0 Å². The third-order valence-corrected chi connectivity index (χ3v) is 3.35. The van der Waals surface area contributed by atoms with Gasteiger partial charge in [-0.3, -0.25) is 4.68 Å². The Morgan fingerprint density at radius 1 is 1.25 bits per heavy atom. The number of hydrogen-bond donors (Lipinski definition) is 1. The van der Waals surface area contributed by atoms with E-state index in [1.807, 2.05) is 18.5 Å². The van der Waals surface area contributed by atoms with E-state index in [-0.39, 0.29) is 0 Å². The molecule has 2 heterocycles. The number of furan rings is 1. The van der Waals surface area contributed by atoms with Crippen molar-refractivity contribution in [3.8, 4) is 0 Å². The predicted octanol–water partition coefficient (Wildman–Crippen LogP) is 3.20. The quantitative estimate of drug-likeness (QED) is 0.880. The Morgan fingerprint density at radius 2 is 2.00 bits per heavy atom. The van der Waals surface area contributed by atoms with Crippen molar-refractivity contribution < 1.29 is 4.42 Å². The van der Waals surface area contributed by atoms with Gasteiger partial charge in [-0.05, 0) is 45.4 Å². The van der Waals surface area contributed by atoms with Crippen molar-refractivity contribution in [3.63, 3.8) is 0 Å². The van der Waals surface area contributed by atoms with Crippen LogP contribution in [-0.4, -0.2) is 16.3 Å². The molecule has 0 radical (unpaired) electrons. The molecule has 4 heteroatoms. The summed E-state index contributed by atoms with van der Waals surface area (Å²) < 4.78 is 7.82. The lowest BCUT2D eigenvalue weighted by atomic mass is 10.2. The highest BCUT2D eigenvalue weighted by Crippen LogP contribution is 2.16. The minimum absolute atomic E-state index is 0.663. The molecule has 1 N–H and O–H groups in total. The Morgan fingerprint density at radius 3 is 2.60 bits per heavy atom. The smallest absolute Gasteiger partial charge is 0.125 e. The molecule has 2 rings (SSSR count). The van der Waals surface area contributed by atoms with E-state index in [2.05, 4.69) is 43.3 Å². The second-order valence-corrected chi connectivity index (χ2v) is 5.90. The van der Waals surface area contributed by atoms with Crippen molar-refractivity contribution in [3.05, 3.63) is 40.6 Å². The Labute approximate surface area is 121 Å². The maximum atomic E-state index is 5.84. The first-order valence-electron chi connectivity index (χ1n) is 7.25. The zero-order valence-corrected chi connectivity index (χ0v) is 13.2. The summed E-state index contributed by atoms with van der Waals surface area (Å²) in [6.07, 6.45) is 0. The van der Waals surface area contributed by atoms with Crippen LogP contribution in [-0.2, 0) is 13.1 Å². The molecule has 0 bridgehead atoms. The zero-order valence-electron chi connectivity index (χ0n) is 13.2. The number of hydrogen-bond acceptors (Lipinski definition) is 3. The van der Waals surface area contributed by atoms with Crippen molar-refractivity contribution in [2.24, 2.45) is 5.92 Å². The average Bonchev–Trinajstić information content (AvgIpc) is 2.83. The van der Waals surface area contributed by atoms with Crippen LogP contribution in [0.2, 0.25) is 0 Å². The lowest BCUT2D eigenvalue weighted by molar-refractivity contribution is 0.452. The van der Waals surface area contributed by atoms with Gasteiger partial charge in [0, 0.05) is 17.8 Å². The summed E-state index contributed by atoms with van der Waals surface area (Å²) in [7, 11) is 0. The molecule has 0 aliphatic rings. The van der Waals surface area contributed by atoms with Crippen molar-refractivity contribution in [1.82, 2.24) is 15.1 Å². The molecule has 2 aromatic heterocycles. The molecule has 0 aromatic carbocycles. The minimum atomic E-state index is 0.663. The van der Waals surface area contributed by atoms with Crippen LogP contribution < -0.4 is 5.32 Å². The van der Waals surface area contributed by atoms with E-state index in [0.717, 1.165) is 36.0 Å². The molecule has 110 valence electrons. The highest BCUT2D eigenvalue weighted by molar-refractivity contribution is 5.21. The van der Waals surface area contributed by atoms with Crippen LogP contribution in [0.25, 0.3) is 0 Å². The summed E-state index contributed by atoms with van der Waals surface area (Å²) in [6.45, 7) is 13.1. The van der Waals surface area contributed by atoms with Gasteiger partial charge >= 0.3 is 0 Å². The van der Waals surface area contributed by atoms with E-state index in [1.54, 1.807) is 0 Å². The Hall–Kier alpha value is -1.55. The van der Waals surface area contributed by atoms with Crippen LogP contribution in [0, 0.1) is 26.7 Å². The number of rotatable bonds is 6. The van der Waals surface area contributed by atoms with E-state index in [0.29, 0.717) is 12.5 Å². The monoisotopic (exact) mass is 275 g/mol. The molecule has 2 aromatic rings. The Balaban J connectivity index is 2.01. The van der Waals surface area contributed by atoms with Gasteiger partial charge in [-0.1, -0.05) is 13.8 Å². The van der Waals surface area contributed by atoms with Crippen molar-refractivity contribution in [2.45, 2.75) is 47.7 Å². The standard InChI is InChI=1S/C16H25N3O/c1-11(2)8-17-9-15-7-16(20-14(15)5)10-19-13(4)6-12(3)18-19/h6-7,11,17H,8-10H2,1-5H3. The molecule has 4 nitrogen and oxygen atoms in total. The van der Waals surface area contributed by atoms with Gasteiger partial charge in [0.15, 0.2) is 0 Å². The van der Waals surface area contributed by atoms with Gasteiger partial charge in [-0.15, -0.1) is 0 Å². The summed E-state index contributed by atoms with van der Waals surface area (Å²) >= 11 is 0. The summed E-state index contributed by atoms with van der Waals surface area (Å²) in [5.41, 5.74) is 3.45. The molecule has 0 spiro atoms. The lowest BCUT2D eigenvalue weighted by Gasteiger charge is -2.05. The fourth-order valence-electron chi connectivity index (χ4n) is 2.32. The van der Waals surface area contributed by atoms with Gasteiger partial charge in [-0.2, -0.15) is 5.10 Å². The Bertz CT molecular complexity index is 566. The topological polar surface area (TPSA) is 43.0 Å². The Kier molecular flexibility index (Phi) is 4.65. The average molecular weight is 275 g/mol. The molecule has 0 amide bonds. The van der Waals surface area contributed by atoms with Gasteiger partial charge in [0.05, 0.1) is 12.2 Å². The minimum Gasteiger partial charge on any atom is -0.464 e. The molecule has 0 saturated carbocycles. The number of nitrogens with zero attached hydrogens (tertiary/aromatic N) is 2. The summed E-state index contributed by atoms with van der Waals surface area (Å²) in [6, 6.07) is 4.22. The first kappa shape index (κ1) is 14.9. The molecule has 20 heavy (non-hydrogen) atoms. The van der Waals surface area contributed by atoms with Crippen LogP contribution in [0.3, 0.4) is 0 Å². The number of nitrogens with one attached hydrogen (secondary N) is 1. The number of aromatic nitrogens is 2. The third-order valence-electron chi connectivity index (χ3n) is 3.35. The summed E-state index contributed by atoms with van der Waals surface area (Å²) in [4.78, 5) is 0. The van der Waals surface area contributed by atoms with E-state index >= 15 is 0 Å². The van der Waals surface area contributed by atoms with Crippen molar-refractivity contribution in [2.75, 3.05) is 6.54 Å². The fraction of sp³-hybridized carbons (Fsp3) is 0.562. The summed E-state index contributed by atoms with van der Waals surface area (Å²) in [5, 5.41) is 7.92. The van der Waals surface area contributed by atoms with Crippen LogP contribution in [0.15, 0.2) is 16.5 Å². The van der Waals surface area contributed by atoms with Crippen LogP contribution in [0.1, 0.15) is 42.3 Å². The van der Waals surface area contributed by atoms with Gasteiger partial charge in [-0.25, -0.2) is 0 Å². The van der Waals surface area contributed by atoms with Gasteiger partial charge in [0.2, 0.25) is 0 Å². The first-order valence-corrected chi connectivity index (χ1v) is 7.25. The zero-order chi connectivity index (χ0) is 14.7. The van der Waals surface area contributed by atoms with Crippen molar-refractivity contribution in [1.29, 1.82) is 0 Å². The molecule has 0 unspecified atom stereocenters. The van der Waals surface area contributed by atoms with Gasteiger partial charge < -0.3 is 9.73 Å². The van der Waals surface area contributed by atoms with Crippen LogP contribution in [0.5, 0.6) is 0 Å². The summed E-state index contributed by atoms with van der Waals surface area (Å²) in [5.74, 6) is 2.63. The van der Waals surface area contributed by atoms with Crippen LogP contribution >= 0.6 is 0 Å². The maximum Gasteiger partial charge on any atom is 0.125 e. The van der Waals surface area contributed by atoms with E-state index < -0.39 is 0 Å². The molecule has 0 fully saturated rings. The van der Waals surface area contributed by atoms with E-state index in [1.165, 1.54) is 5.56 Å². The lowest BCUT2D eigenvalue weighted by Crippen LogP contribution is -2.19. The molecule has 0 saturated heterocycles. The maximum absolute atomic E-state index is 5.84. The second-order valence-electron chi connectivity index (χ2n) is 5.90. The molecular weight excluding hydrogens is 250 g/mol. The van der Waals surface area contributed by atoms with E-state index in [4.69, 9.17) is 4.42 Å². The normalized spacial score (nSPS) is 11.5. The number of aryl methyl sites for hydroxylation is 3. The van der Waals surface area contributed by atoms with Crippen molar-refractivity contribution >= 4 is 0 Å². The van der Waals surface area contributed by atoms with Gasteiger partial charge in [0.25, 0.3) is 0 Å². The molecule has 0 aliphatic heterocycles.